The van der Waals surface area contributed by atoms with Crippen molar-refractivity contribution < 1.29 is 0 Å². The molecule has 0 aliphatic heterocycles. The van der Waals surface area contributed by atoms with Gasteiger partial charge >= 0.3 is 0 Å². The van der Waals surface area contributed by atoms with Gasteiger partial charge in [0.25, 0.3) is 0 Å². The number of benzene rings is 4. The van der Waals surface area contributed by atoms with Gasteiger partial charge in [-0.15, -0.1) is 0 Å². The van der Waals surface area contributed by atoms with Crippen molar-refractivity contribution in [1.82, 2.24) is 4.57 Å². The largest absolute Gasteiger partial charge is 0.309 e. The van der Waals surface area contributed by atoms with E-state index in [1.54, 1.807) is 0 Å². The Kier molecular flexibility index (Phi) is 4.51. The summed E-state index contributed by atoms with van der Waals surface area (Å²) in [6.45, 7) is 11.3. The molecule has 0 amide bonds. The van der Waals surface area contributed by atoms with Crippen LogP contribution >= 0.6 is 0 Å². The first kappa shape index (κ1) is 19.6. The van der Waals surface area contributed by atoms with E-state index in [-0.39, 0.29) is 5.41 Å². The Bertz CT molecular complexity index is 1390. The molecule has 0 aliphatic carbocycles. The third kappa shape index (κ3) is 3.25. The molecule has 0 N–H and O–H groups in total. The molecule has 1 aromatic heterocycles. The van der Waals surface area contributed by atoms with Crippen LogP contribution in [0, 0.1) is 13.8 Å². The highest BCUT2D eigenvalue weighted by molar-refractivity contribution is 6.10. The topological polar surface area (TPSA) is 4.93 Å². The lowest BCUT2D eigenvalue weighted by molar-refractivity contribution is 0.589. The lowest BCUT2D eigenvalue weighted by Crippen LogP contribution is -2.12. The molecule has 5 aromatic rings. The molecule has 0 aliphatic rings. The first-order valence-electron chi connectivity index (χ1n) is 11.1. The van der Waals surface area contributed by atoms with Crippen molar-refractivity contribution in [3.05, 3.63) is 102 Å². The summed E-state index contributed by atoms with van der Waals surface area (Å²) in [4.78, 5) is 0. The Morgan fingerprint density at radius 3 is 1.90 bits per heavy atom. The lowest BCUT2D eigenvalue weighted by atomic mass is 9.82. The van der Waals surface area contributed by atoms with Crippen LogP contribution in [0.1, 0.15) is 37.5 Å². The van der Waals surface area contributed by atoms with Gasteiger partial charge in [-0.05, 0) is 77.4 Å². The smallest absolute Gasteiger partial charge is 0.0541 e. The van der Waals surface area contributed by atoms with E-state index in [2.05, 4.69) is 124 Å². The van der Waals surface area contributed by atoms with E-state index in [1.165, 1.54) is 55.3 Å². The van der Waals surface area contributed by atoms with Crippen molar-refractivity contribution >= 4 is 21.8 Å². The van der Waals surface area contributed by atoms with Crippen LogP contribution in [-0.2, 0) is 5.41 Å². The maximum atomic E-state index is 2.38. The zero-order valence-electron chi connectivity index (χ0n) is 19.0. The van der Waals surface area contributed by atoms with Crippen molar-refractivity contribution in [2.24, 2.45) is 0 Å². The minimum atomic E-state index is 0.154. The van der Waals surface area contributed by atoms with Gasteiger partial charge in [0.1, 0.15) is 0 Å². The maximum Gasteiger partial charge on any atom is 0.0541 e. The number of para-hydroxylation sites is 2. The highest BCUT2D eigenvalue weighted by Gasteiger charge is 2.18. The molecule has 1 nitrogen and oxygen atoms in total. The van der Waals surface area contributed by atoms with Crippen LogP contribution < -0.4 is 0 Å². The molecule has 1 heteroatoms. The van der Waals surface area contributed by atoms with Crippen molar-refractivity contribution in [2.75, 3.05) is 0 Å². The molecule has 154 valence electrons. The molecule has 5 rings (SSSR count). The minimum absolute atomic E-state index is 0.154. The lowest BCUT2D eigenvalue weighted by Gasteiger charge is -2.22. The van der Waals surface area contributed by atoms with Gasteiger partial charge in [0.2, 0.25) is 0 Å². The molecule has 0 fully saturated rings. The summed E-state index contributed by atoms with van der Waals surface area (Å²) < 4.78 is 2.37. The fourth-order valence-electron chi connectivity index (χ4n) is 4.84. The van der Waals surface area contributed by atoms with Crippen molar-refractivity contribution in [2.45, 2.75) is 40.0 Å². The van der Waals surface area contributed by atoms with Crippen LogP contribution in [0.2, 0.25) is 0 Å². The molecule has 0 unspecified atom stereocenters. The first-order valence-corrected chi connectivity index (χ1v) is 11.1. The van der Waals surface area contributed by atoms with Crippen molar-refractivity contribution in [3.8, 4) is 16.8 Å². The van der Waals surface area contributed by atoms with Gasteiger partial charge in [0.05, 0.1) is 11.0 Å². The molecular weight excluding hydrogens is 374 g/mol. The molecule has 0 bridgehead atoms. The Labute approximate surface area is 185 Å². The van der Waals surface area contributed by atoms with Gasteiger partial charge in [-0.1, -0.05) is 75.4 Å². The molecule has 31 heavy (non-hydrogen) atoms. The third-order valence-electron chi connectivity index (χ3n) is 6.37. The summed E-state index contributed by atoms with van der Waals surface area (Å²) in [5.41, 5.74) is 10.6. The predicted octanol–water partition coefficient (Wildman–Crippen LogP) is 8.37. The van der Waals surface area contributed by atoms with Gasteiger partial charge in [0.15, 0.2) is 0 Å². The van der Waals surface area contributed by atoms with Crippen LogP contribution in [0.3, 0.4) is 0 Å². The van der Waals surface area contributed by atoms with Crippen molar-refractivity contribution in [1.29, 1.82) is 0 Å². The Hall–Kier alpha value is -3.32. The van der Waals surface area contributed by atoms with Gasteiger partial charge < -0.3 is 4.57 Å². The number of aryl methyl sites for hydroxylation is 2. The average molecular weight is 404 g/mol. The van der Waals surface area contributed by atoms with E-state index < -0.39 is 0 Å². The molecule has 4 aromatic carbocycles. The third-order valence-corrected chi connectivity index (χ3v) is 6.37. The molecule has 1 heterocycles. The van der Waals surface area contributed by atoms with Gasteiger partial charge in [-0.3, -0.25) is 0 Å². The fourth-order valence-corrected chi connectivity index (χ4v) is 4.84. The van der Waals surface area contributed by atoms with Crippen LogP contribution in [-0.4, -0.2) is 4.57 Å². The second-order valence-electron chi connectivity index (χ2n) is 9.66. The molecular formula is C30H29N. The highest BCUT2D eigenvalue weighted by Crippen LogP contribution is 2.37. The van der Waals surface area contributed by atoms with E-state index in [1.807, 2.05) is 0 Å². The summed E-state index contributed by atoms with van der Waals surface area (Å²) in [5, 5.41) is 2.60. The number of hydrogen-bond acceptors (Lipinski definition) is 0. The summed E-state index contributed by atoms with van der Waals surface area (Å²) in [7, 11) is 0. The minimum Gasteiger partial charge on any atom is -0.309 e. The van der Waals surface area contributed by atoms with Crippen LogP contribution in [0.25, 0.3) is 38.6 Å². The van der Waals surface area contributed by atoms with Crippen LogP contribution in [0.5, 0.6) is 0 Å². The number of nitrogens with zero attached hydrogens (tertiary/aromatic N) is 1. The molecule has 0 saturated heterocycles. The first-order chi connectivity index (χ1) is 14.8. The maximum absolute atomic E-state index is 2.38. The SMILES string of the molecule is Cc1cc(C(C)(C)C)cc(C)c1-c1ccc2c(c1)c1ccccc1n2-c1ccccc1. The van der Waals surface area contributed by atoms with Gasteiger partial charge in [0, 0.05) is 16.5 Å². The van der Waals surface area contributed by atoms with Crippen LogP contribution in [0.4, 0.5) is 0 Å². The summed E-state index contributed by atoms with van der Waals surface area (Å²) >= 11 is 0. The second kappa shape index (κ2) is 7.13. The monoisotopic (exact) mass is 403 g/mol. The van der Waals surface area contributed by atoms with E-state index in [0.29, 0.717) is 0 Å². The molecule has 0 saturated carbocycles. The quantitative estimate of drug-likeness (QED) is 0.279. The van der Waals surface area contributed by atoms with Gasteiger partial charge in [-0.2, -0.15) is 0 Å². The van der Waals surface area contributed by atoms with Crippen LogP contribution in [0.15, 0.2) is 84.9 Å². The van der Waals surface area contributed by atoms with E-state index in [4.69, 9.17) is 0 Å². The number of rotatable bonds is 2. The number of fused-ring (bicyclic) bond motifs is 3. The molecule has 0 atom stereocenters. The van der Waals surface area contributed by atoms with E-state index in [0.717, 1.165) is 0 Å². The Morgan fingerprint density at radius 1 is 0.613 bits per heavy atom. The summed E-state index contributed by atoms with van der Waals surface area (Å²) in [6.07, 6.45) is 0. The highest BCUT2D eigenvalue weighted by atomic mass is 15.0. The zero-order chi connectivity index (χ0) is 21.8. The molecule has 0 radical (unpaired) electrons. The van der Waals surface area contributed by atoms with Crippen molar-refractivity contribution in [3.63, 3.8) is 0 Å². The Morgan fingerprint density at radius 2 is 1.23 bits per heavy atom. The predicted molar refractivity (Wildman–Crippen MR) is 134 cm³/mol. The number of aromatic nitrogens is 1. The van der Waals surface area contributed by atoms with Gasteiger partial charge in [-0.25, -0.2) is 0 Å². The number of hydrogen-bond donors (Lipinski definition) is 0. The Balaban J connectivity index is 1.77. The average Bonchev–Trinajstić information content (AvgIpc) is 3.07. The normalized spacial score (nSPS) is 12.0. The zero-order valence-corrected chi connectivity index (χ0v) is 19.0. The standard InChI is InChI=1S/C30H29N/c1-20-17-23(30(3,4)5)18-21(2)29(20)22-15-16-28-26(19-22)25-13-9-10-14-27(25)31(28)24-11-7-6-8-12-24/h6-19H,1-5H3. The fraction of sp³-hybridized carbons (Fsp3) is 0.200. The summed E-state index contributed by atoms with van der Waals surface area (Å²) in [5.74, 6) is 0. The summed E-state index contributed by atoms with van der Waals surface area (Å²) in [6, 6.07) is 31.0. The molecule has 0 spiro atoms. The van der Waals surface area contributed by atoms with E-state index >= 15 is 0 Å². The van der Waals surface area contributed by atoms with E-state index in [9.17, 15) is 0 Å². The second-order valence-corrected chi connectivity index (χ2v) is 9.66.